The van der Waals surface area contributed by atoms with Crippen LogP contribution in [-0.4, -0.2) is 108 Å². The lowest BCUT2D eigenvalue weighted by molar-refractivity contribution is -0.880. The normalized spacial score (nSPS) is 16.5. The molecule has 1 fully saturated rings. The Bertz CT molecular complexity index is 1950. The number of pyridine rings is 1. The molecule has 5 heterocycles. The van der Waals surface area contributed by atoms with Gasteiger partial charge in [0.2, 0.25) is 11.9 Å². The summed E-state index contributed by atoms with van der Waals surface area (Å²) in [6.07, 6.45) is 11.4. The molecular weight excluding hydrogens is 692 g/mol. The Labute approximate surface area is 305 Å². The SMILES string of the molecule is COc1cc(OC)c(Cl)c(N2Cc3cnc(Nc4ccncc4)nc3N(C3CCN(C(=O)/C=C/C[N+](C)(C)CC4=C([N+](=O)[O-])N=CC4)CC3)C2=O)c1. The molecule has 0 atom stereocenters. The van der Waals surface area contributed by atoms with Gasteiger partial charge in [-0.15, -0.1) is 0 Å². The maximum atomic E-state index is 14.5. The number of nitrogens with zero attached hydrogens (tertiary/aromatic N) is 9. The van der Waals surface area contributed by atoms with E-state index >= 15 is 0 Å². The average molecular weight is 732 g/mol. The molecule has 0 saturated carbocycles. The van der Waals surface area contributed by atoms with Gasteiger partial charge in [0.15, 0.2) is 0 Å². The molecule has 3 aliphatic heterocycles. The number of hydrogen-bond donors (Lipinski definition) is 1. The molecule has 2 aromatic heterocycles. The van der Waals surface area contributed by atoms with E-state index < -0.39 is 4.92 Å². The first-order valence-corrected chi connectivity index (χ1v) is 17.1. The fourth-order valence-corrected chi connectivity index (χ4v) is 6.83. The standard InChI is InChI=1S/C35H40ClN10O6/c1-46(2,22-23-7-14-38-32(23)45(49)50)17-5-6-30(47)42-15-10-26(11-16-42)44-33-24(20-39-34(41-33)40-25-8-12-37-13-9-25)21-43(35(44)48)28-18-27(51-3)19-29(52-4)31(28)36/h5-6,8-9,12-14,18-20,26H,7,10-11,15-17,21-22H2,1-4H3,(H,37,39,40,41)/q+1/b6-5+. The number of nitrogens with one attached hydrogen (secondary N) is 1. The van der Waals surface area contributed by atoms with E-state index in [9.17, 15) is 19.7 Å². The highest BCUT2D eigenvalue weighted by Gasteiger charge is 2.40. The molecule has 0 bridgehead atoms. The van der Waals surface area contributed by atoms with Crippen molar-refractivity contribution < 1.29 is 28.5 Å². The van der Waals surface area contributed by atoms with Crippen molar-refractivity contribution in [3.05, 3.63) is 87.1 Å². The van der Waals surface area contributed by atoms with Crippen LogP contribution in [0.4, 0.5) is 27.9 Å². The lowest BCUT2D eigenvalue weighted by Gasteiger charge is -2.43. The van der Waals surface area contributed by atoms with Gasteiger partial charge in [0.1, 0.15) is 35.1 Å². The van der Waals surface area contributed by atoms with Gasteiger partial charge in [0.25, 0.3) is 0 Å². The zero-order chi connectivity index (χ0) is 37.0. The molecule has 6 rings (SSSR count). The minimum Gasteiger partial charge on any atom is -0.497 e. The first-order valence-electron chi connectivity index (χ1n) is 16.7. The fraction of sp³-hybridized carbons (Fsp3) is 0.371. The Balaban J connectivity index is 1.20. The molecule has 52 heavy (non-hydrogen) atoms. The lowest BCUT2D eigenvalue weighted by atomic mass is 10.0. The summed E-state index contributed by atoms with van der Waals surface area (Å²) < 4.78 is 11.4. The number of fused-ring (bicyclic) bond motifs is 1. The molecule has 0 aliphatic carbocycles. The molecule has 3 aromatic rings. The number of methoxy groups -OCH3 is 2. The van der Waals surface area contributed by atoms with Crippen LogP contribution >= 0.6 is 11.6 Å². The quantitative estimate of drug-likeness (QED) is 0.118. The zero-order valence-corrected chi connectivity index (χ0v) is 30.1. The van der Waals surface area contributed by atoms with E-state index in [2.05, 4.69) is 20.3 Å². The highest BCUT2D eigenvalue weighted by atomic mass is 35.5. The summed E-state index contributed by atoms with van der Waals surface area (Å²) in [7, 11) is 6.93. The van der Waals surface area contributed by atoms with Gasteiger partial charge >= 0.3 is 11.9 Å². The molecule has 272 valence electrons. The van der Waals surface area contributed by atoms with E-state index in [-0.39, 0.29) is 35.4 Å². The van der Waals surface area contributed by atoms with Crippen LogP contribution in [0.5, 0.6) is 11.5 Å². The molecule has 1 saturated heterocycles. The number of halogens is 1. The number of rotatable bonds is 12. The number of aliphatic imine (C=N–C) groups is 1. The summed E-state index contributed by atoms with van der Waals surface area (Å²) >= 11 is 6.77. The van der Waals surface area contributed by atoms with Gasteiger partial charge in [-0.1, -0.05) is 16.6 Å². The van der Waals surface area contributed by atoms with Gasteiger partial charge in [-0.25, -0.2) is 9.78 Å². The van der Waals surface area contributed by atoms with Crippen LogP contribution in [0, 0.1) is 10.1 Å². The smallest absolute Gasteiger partial charge is 0.368 e. The molecule has 0 unspecified atom stereocenters. The van der Waals surface area contributed by atoms with Crippen molar-refractivity contribution in [2.45, 2.75) is 31.8 Å². The molecule has 0 spiro atoms. The Morgan fingerprint density at radius 2 is 1.92 bits per heavy atom. The minimum atomic E-state index is -0.452. The number of amides is 3. The number of anilines is 4. The number of piperidine rings is 1. The van der Waals surface area contributed by atoms with Crippen LogP contribution in [0.15, 0.2) is 71.4 Å². The number of likely N-dealkylation sites (tertiary alicyclic amines) is 1. The van der Waals surface area contributed by atoms with Crippen molar-refractivity contribution in [3.8, 4) is 11.5 Å². The van der Waals surface area contributed by atoms with Gasteiger partial charge in [-0.2, -0.15) is 4.98 Å². The molecule has 3 amide bonds. The Morgan fingerprint density at radius 3 is 2.62 bits per heavy atom. The monoisotopic (exact) mass is 731 g/mol. The summed E-state index contributed by atoms with van der Waals surface area (Å²) in [5.41, 5.74) is 2.55. The predicted molar refractivity (Wildman–Crippen MR) is 196 cm³/mol. The third-order valence-corrected chi connectivity index (χ3v) is 9.55. The summed E-state index contributed by atoms with van der Waals surface area (Å²) in [5.74, 6) is 1.41. The maximum Gasteiger partial charge on any atom is 0.368 e. The molecule has 17 heteroatoms. The van der Waals surface area contributed by atoms with E-state index in [0.717, 1.165) is 5.69 Å². The Hall–Kier alpha value is -5.61. The number of carbonyl (C=O) groups is 2. The first-order chi connectivity index (χ1) is 25.0. The van der Waals surface area contributed by atoms with Crippen molar-refractivity contribution in [3.63, 3.8) is 0 Å². The predicted octanol–water partition coefficient (Wildman–Crippen LogP) is 4.82. The average Bonchev–Trinajstić information content (AvgIpc) is 3.60. The van der Waals surface area contributed by atoms with Gasteiger partial charge in [0.05, 0.1) is 52.7 Å². The third kappa shape index (κ3) is 7.82. The molecule has 16 nitrogen and oxygen atoms in total. The Morgan fingerprint density at radius 1 is 1.17 bits per heavy atom. The van der Waals surface area contributed by atoms with Crippen molar-refractivity contribution in [1.82, 2.24) is 19.9 Å². The van der Waals surface area contributed by atoms with Crippen LogP contribution in [0.2, 0.25) is 5.02 Å². The number of likely N-dealkylation sites (N-methyl/N-ethyl adjacent to an activating group) is 1. The Kier molecular flexibility index (Phi) is 10.7. The number of nitro groups is 1. The molecular formula is C35H40ClN10O6+. The topological polar surface area (TPSA) is 169 Å². The van der Waals surface area contributed by atoms with E-state index in [1.54, 1.807) is 75.9 Å². The van der Waals surface area contributed by atoms with Crippen molar-refractivity contribution in [2.75, 3.05) is 69.6 Å². The maximum absolute atomic E-state index is 14.5. The van der Waals surface area contributed by atoms with Crippen molar-refractivity contribution in [2.24, 2.45) is 4.99 Å². The summed E-state index contributed by atoms with van der Waals surface area (Å²) in [6, 6.07) is 6.32. The molecule has 1 aromatic carbocycles. The highest BCUT2D eigenvalue weighted by Crippen LogP contribution is 2.43. The van der Waals surface area contributed by atoms with Crippen LogP contribution < -0.4 is 24.6 Å². The van der Waals surface area contributed by atoms with Crippen LogP contribution in [0.25, 0.3) is 0 Å². The van der Waals surface area contributed by atoms with Crippen molar-refractivity contribution in [1.29, 1.82) is 0 Å². The molecule has 0 radical (unpaired) electrons. The number of ether oxygens (including phenoxy) is 2. The second-order valence-electron chi connectivity index (χ2n) is 13.2. The number of urea groups is 1. The second kappa shape index (κ2) is 15.3. The second-order valence-corrected chi connectivity index (χ2v) is 13.6. The third-order valence-electron chi connectivity index (χ3n) is 9.17. The van der Waals surface area contributed by atoms with Gasteiger partial charge in [-0.05, 0) is 36.0 Å². The number of benzene rings is 1. The largest absolute Gasteiger partial charge is 0.497 e. The number of carbonyl (C=O) groups excluding carboxylic acids is 2. The number of aromatic nitrogens is 3. The van der Waals surface area contributed by atoms with Crippen LogP contribution in [-0.2, 0) is 11.3 Å². The van der Waals surface area contributed by atoms with Gasteiger partial charge < -0.3 is 34.3 Å². The van der Waals surface area contributed by atoms with E-state index in [4.69, 9.17) is 26.1 Å². The number of quaternary nitrogens is 1. The summed E-state index contributed by atoms with van der Waals surface area (Å²) in [6.45, 7) is 1.94. The number of hydrogen-bond acceptors (Lipinski definition) is 11. The summed E-state index contributed by atoms with van der Waals surface area (Å²) in [4.78, 5) is 61.0. The van der Waals surface area contributed by atoms with E-state index in [1.807, 2.05) is 14.1 Å². The first kappa shape index (κ1) is 36.2. The van der Waals surface area contributed by atoms with Gasteiger partial charge in [0, 0.05) is 73.6 Å². The van der Waals surface area contributed by atoms with Crippen molar-refractivity contribution >= 4 is 52.9 Å². The minimum absolute atomic E-state index is 0.0916. The molecule has 3 aliphatic rings. The fourth-order valence-electron chi connectivity index (χ4n) is 6.55. The zero-order valence-electron chi connectivity index (χ0n) is 29.4. The molecule has 1 N–H and O–H groups in total. The van der Waals surface area contributed by atoms with E-state index in [0.29, 0.717) is 90.0 Å². The lowest BCUT2D eigenvalue weighted by Crippen LogP contribution is -2.55. The highest BCUT2D eigenvalue weighted by molar-refractivity contribution is 6.35. The van der Waals surface area contributed by atoms with E-state index in [1.165, 1.54) is 14.2 Å². The summed E-state index contributed by atoms with van der Waals surface area (Å²) in [5, 5.41) is 14.8. The van der Waals surface area contributed by atoms with Crippen LogP contribution in [0.3, 0.4) is 0 Å². The van der Waals surface area contributed by atoms with Gasteiger partial charge in [-0.3, -0.25) is 19.6 Å². The van der Waals surface area contributed by atoms with Crippen LogP contribution in [0.1, 0.15) is 24.8 Å².